The van der Waals surface area contributed by atoms with E-state index in [9.17, 15) is 9.59 Å². The van der Waals surface area contributed by atoms with Crippen LogP contribution in [-0.2, 0) is 9.59 Å². The van der Waals surface area contributed by atoms with E-state index in [1.54, 1.807) is 18.3 Å². The average Bonchev–Trinajstić information content (AvgIpc) is 2.48. The third-order valence-corrected chi connectivity index (χ3v) is 3.01. The van der Waals surface area contributed by atoms with Crippen LogP contribution in [0.3, 0.4) is 0 Å². The molecule has 1 amide bonds. The normalized spacial score (nSPS) is 10.9. The Morgan fingerprint density at radius 3 is 2.52 bits per heavy atom. The molecule has 0 saturated heterocycles. The number of fused-ring (bicyclic) bond motifs is 1. The van der Waals surface area contributed by atoms with Gasteiger partial charge in [0.15, 0.2) is 0 Å². The van der Waals surface area contributed by atoms with Crippen LogP contribution in [0, 0.1) is 0 Å². The summed E-state index contributed by atoms with van der Waals surface area (Å²) in [4.78, 5) is 22.2. The van der Waals surface area contributed by atoms with Gasteiger partial charge in [-0.05, 0) is 11.5 Å². The van der Waals surface area contributed by atoms with E-state index in [4.69, 9.17) is 10.9 Å². The highest BCUT2D eigenvalue weighted by Crippen LogP contribution is 2.26. The van der Waals surface area contributed by atoms with E-state index in [2.05, 4.69) is 10.4 Å². The minimum absolute atomic E-state index is 0.0599. The number of aliphatic carboxylic acids is 1. The predicted octanol–water partition coefficient (Wildman–Crippen LogP) is 1.94. The van der Waals surface area contributed by atoms with Gasteiger partial charge in [-0.3, -0.25) is 9.59 Å². The predicted molar refractivity (Wildman–Crippen MR) is 81.2 cm³/mol. The summed E-state index contributed by atoms with van der Waals surface area (Å²) in [6, 6.07) is 11.1. The van der Waals surface area contributed by atoms with Gasteiger partial charge < -0.3 is 16.3 Å². The van der Waals surface area contributed by atoms with Crippen molar-refractivity contribution < 1.29 is 14.7 Å². The van der Waals surface area contributed by atoms with E-state index in [0.717, 1.165) is 16.3 Å². The lowest BCUT2D eigenvalue weighted by Gasteiger charge is -2.10. The summed E-state index contributed by atoms with van der Waals surface area (Å²) < 4.78 is 0. The molecular formula is C15H15N3O3. The minimum Gasteiger partial charge on any atom is -0.481 e. The van der Waals surface area contributed by atoms with E-state index in [1.807, 2.05) is 24.3 Å². The molecule has 2 rings (SSSR count). The summed E-state index contributed by atoms with van der Waals surface area (Å²) in [6.07, 6.45) is 1.29. The molecule has 108 valence electrons. The van der Waals surface area contributed by atoms with Crippen LogP contribution < -0.4 is 11.2 Å². The first-order valence-corrected chi connectivity index (χ1v) is 6.38. The minimum atomic E-state index is -0.996. The maximum absolute atomic E-state index is 11.8. The van der Waals surface area contributed by atoms with Crippen LogP contribution >= 0.6 is 0 Å². The number of benzene rings is 2. The Labute approximate surface area is 121 Å². The molecule has 0 heterocycles. The standard InChI is InChI=1S/C15H15N3O3/c16-17-9-10-5-6-13(12-4-2-1-3-11(10)12)18-14(19)7-8-15(20)21/h1-6,9H,7-8,16H2,(H,18,19)(H,20,21). The van der Waals surface area contributed by atoms with E-state index in [1.165, 1.54) is 0 Å². The third kappa shape index (κ3) is 3.56. The Balaban J connectivity index is 2.31. The fraction of sp³-hybridized carbons (Fsp3) is 0.133. The highest BCUT2D eigenvalue weighted by atomic mass is 16.4. The van der Waals surface area contributed by atoms with Crippen molar-refractivity contribution in [2.75, 3.05) is 5.32 Å². The maximum atomic E-state index is 11.8. The molecule has 0 aromatic heterocycles. The quantitative estimate of drug-likeness (QED) is 0.443. The van der Waals surface area contributed by atoms with E-state index >= 15 is 0 Å². The summed E-state index contributed by atoms with van der Waals surface area (Å²) in [5.74, 6) is 3.86. The van der Waals surface area contributed by atoms with Gasteiger partial charge in [0.2, 0.25) is 5.91 Å². The first-order valence-electron chi connectivity index (χ1n) is 6.38. The number of nitrogens with two attached hydrogens (primary N) is 1. The van der Waals surface area contributed by atoms with Gasteiger partial charge in [-0.15, -0.1) is 0 Å². The Morgan fingerprint density at radius 1 is 1.14 bits per heavy atom. The number of hydrogen-bond donors (Lipinski definition) is 3. The molecule has 0 aliphatic heterocycles. The number of hydrazone groups is 1. The number of carboxylic acid groups (broad SMARTS) is 1. The topological polar surface area (TPSA) is 105 Å². The lowest BCUT2D eigenvalue weighted by atomic mass is 10.0. The van der Waals surface area contributed by atoms with Crippen molar-refractivity contribution in [3.63, 3.8) is 0 Å². The smallest absolute Gasteiger partial charge is 0.303 e. The molecule has 4 N–H and O–H groups in total. The zero-order valence-electron chi connectivity index (χ0n) is 11.2. The first kappa shape index (κ1) is 14.5. The fourth-order valence-electron chi connectivity index (χ4n) is 2.06. The molecule has 6 nitrogen and oxygen atoms in total. The molecule has 6 heteroatoms. The molecule has 0 spiro atoms. The molecule has 0 atom stereocenters. The zero-order chi connectivity index (χ0) is 15.2. The molecule has 2 aromatic rings. The molecular weight excluding hydrogens is 270 g/mol. The molecule has 0 saturated carbocycles. The Morgan fingerprint density at radius 2 is 1.86 bits per heavy atom. The summed E-state index contributed by atoms with van der Waals surface area (Å²) in [6.45, 7) is 0. The molecule has 0 aliphatic carbocycles. The highest BCUT2D eigenvalue weighted by Gasteiger charge is 2.09. The number of amides is 1. The zero-order valence-corrected chi connectivity index (χ0v) is 11.2. The highest BCUT2D eigenvalue weighted by molar-refractivity contribution is 6.08. The van der Waals surface area contributed by atoms with Crippen molar-refractivity contribution in [1.82, 2.24) is 0 Å². The molecule has 0 radical (unpaired) electrons. The van der Waals surface area contributed by atoms with Crippen LogP contribution in [0.25, 0.3) is 10.8 Å². The third-order valence-electron chi connectivity index (χ3n) is 3.01. The van der Waals surface area contributed by atoms with Gasteiger partial charge in [-0.1, -0.05) is 30.3 Å². The van der Waals surface area contributed by atoms with E-state index in [-0.39, 0.29) is 18.7 Å². The van der Waals surface area contributed by atoms with Gasteiger partial charge in [0.05, 0.1) is 12.6 Å². The van der Waals surface area contributed by atoms with Crippen molar-refractivity contribution >= 4 is 34.6 Å². The largest absolute Gasteiger partial charge is 0.481 e. The number of carbonyl (C=O) groups excluding carboxylic acids is 1. The van der Waals surface area contributed by atoms with Crippen molar-refractivity contribution in [1.29, 1.82) is 0 Å². The van der Waals surface area contributed by atoms with Gasteiger partial charge in [0.1, 0.15) is 0 Å². The van der Waals surface area contributed by atoms with Gasteiger partial charge in [-0.25, -0.2) is 0 Å². The van der Waals surface area contributed by atoms with Crippen LogP contribution in [0.15, 0.2) is 41.5 Å². The summed E-state index contributed by atoms with van der Waals surface area (Å²) in [5.41, 5.74) is 1.48. The second kappa shape index (κ2) is 6.51. The Bertz CT molecular complexity index is 710. The second-order valence-corrected chi connectivity index (χ2v) is 4.47. The number of hydrogen-bond acceptors (Lipinski definition) is 4. The van der Waals surface area contributed by atoms with Crippen LogP contribution in [0.4, 0.5) is 5.69 Å². The SMILES string of the molecule is NN=Cc1ccc(NC(=O)CCC(=O)O)c2ccccc12. The number of nitrogens with one attached hydrogen (secondary N) is 1. The van der Waals surface area contributed by atoms with Crippen LogP contribution in [0.5, 0.6) is 0 Å². The van der Waals surface area contributed by atoms with Gasteiger partial charge in [0.25, 0.3) is 0 Å². The lowest BCUT2D eigenvalue weighted by Crippen LogP contribution is -2.13. The van der Waals surface area contributed by atoms with Crippen molar-refractivity contribution in [2.45, 2.75) is 12.8 Å². The van der Waals surface area contributed by atoms with Gasteiger partial charge in [0, 0.05) is 23.1 Å². The fourth-order valence-corrected chi connectivity index (χ4v) is 2.06. The summed E-state index contributed by atoms with van der Waals surface area (Å²) in [7, 11) is 0. The number of rotatable bonds is 5. The van der Waals surface area contributed by atoms with E-state index < -0.39 is 5.97 Å². The molecule has 0 unspecified atom stereocenters. The van der Waals surface area contributed by atoms with Crippen LogP contribution in [0.2, 0.25) is 0 Å². The maximum Gasteiger partial charge on any atom is 0.303 e. The van der Waals surface area contributed by atoms with Gasteiger partial charge in [-0.2, -0.15) is 5.10 Å². The van der Waals surface area contributed by atoms with Crippen molar-refractivity contribution in [3.8, 4) is 0 Å². The Kier molecular flexibility index (Phi) is 4.50. The molecule has 0 fully saturated rings. The second-order valence-electron chi connectivity index (χ2n) is 4.47. The molecule has 0 aliphatic rings. The summed E-state index contributed by atoms with van der Waals surface area (Å²) in [5, 5.41) is 16.6. The van der Waals surface area contributed by atoms with Crippen LogP contribution in [-0.4, -0.2) is 23.2 Å². The number of carbonyl (C=O) groups is 2. The molecule has 0 bridgehead atoms. The van der Waals surface area contributed by atoms with Crippen molar-refractivity contribution in [3.05, 3.63) is 42.0 Å². The molecule has 21 heavy (non-hydrogen) atoms. The van der Waals surface area contributed by atoms with Gasteiger partial charge >= 0.3 is 5.97 Å². The Hall–Kier alpha value is -2.89. The van der Waals surface area contributed by atoms with Crippen molar-refractivity contribution in [2.24, 2.45) is 10.9 Å². The lowest BCUT2D eigenvalue weighted by molar-refractivity contribution is -0.138. The monoisotopic (exact) mass is 285 g/mol. The number of anilines is 1. The van der Waals surface area contributed by atoms with E-state index in [0.29, 0.717) is 5.69 Å². The molecule has 2 aromatic carbocycles. The average molecular weight is 285 g/mol. The number of carboxylic acids is 1. The van der Waals surface area contributed by atoms with Crippen LogP contribution in [0.1, 0.15) is 18.4 Å². The number of nitrogens with zero attached hydrogens (tertiary/aromatic N) is 1. The summed E-state index contributed by atoms with van der Waals surface area (Å²) >= 11 is 0. The first-order chi connectivity index (χ1) is 10.1.